The summed E-state index contributed by atoms with van der Waals surface area (Å²) in [6.07, 6.45) is 2.98. The predicted octanol–water partition coefficient (Wildman–Crippen LogP) is 1.49. The molecule has 1 aromatic rings. The number of benzene rings is 1. The minimum Gasteiger partial charge on any atom is -0.355 e. The van der Waals surface area contributed by atoms with Gasteiger partial charge >= 0.3 is 0 Å². The Kier molecular flexibility index (Phi) is 4.15. The van der Waals surface area contributed by atoms with Gasteiger partial charge in [-0.15, -0.1) is 0 Å². The third kappa shape index (κ3) is 3.56. The topological polar surface area (TPSA) is 41.1 Å². The number of carbonyl (C=O) groups is 1. The Morgan fingerprint density at radius 2 is 2.18 bits per heavy atom. The van der Waals surface area contributed by atoms with E-state index in [0.29, 0.717) is 6.04 Å². The molecule has 1 saturated heterocycles. The summed E-state index contributed by atoms with van der Waals surface area (Å²) in [6.45, 7) is 2.96. The molecule has 0 saturated carbocycles. The van der Waals surface area contributed by atoms with Gasteiger partial charge in [0, 0.05) is 12.6 Å². The van der Waals surface area contributed by atoms with E-state index in [9.17, 15) is 4.79 Å². The molecule has 1 fully saturated rings. The van der Waals surface area contributed by atoms with Crippen LogP contribution >= 0.6 is 0 Å². The molecule has 2 rings (SSSR count). The smallest absolute Gasteiger partial charge is 0.237 e. The average Bonchev–Trinajstić information content (AvgIpc) is 2.33. The van der Waals surface area contributed by atoms with Crippen molar-refractivity contribution in [2.24, 2.45) is 0 Å². The van der Waals surface area contributed by atoms with Gasteiger partial charge in [-0.05, 0) is 31.7 Å². The first-order valence-corrected chi connectivity index (χ1v) is 6.33. The molecule has 0 aromatic heterocycles. The minimum absolute atomic E-state index is 0.0116. The molecule has 1 amide bonds. The van der Waals surface area contributed by atoms with Crippen molar-refractivity contribution in [3.05, 3.63) is 35.9 Å². The normalized spacial score (nSPS) is 21.9. The van der Waals surface area contributed by atoms with E-state index >= 15 is 0 Å². The SMILES string of the molecule is CC(Cc1ccccc1)NC1CCCNC1=O. The lowest BCUT2D eigenvalue weighted by Crippen LogP contribution is -2.51. The summed E-state index contributed by atoms with van der Waals surface area (Å²) in [5, 5.41) is 6.30. The van der Waals surface area contributed by atoms with Crippen LogP contribution in [-0.2, 0) is 11.2 Å². The van der Waals surface area contributed by atoms with Crippen molar-refractivity contribution in [2.75, 3.05) is 6.54 Å². The van der Waals surface area contributed by atoms with Crippen molar-refractivity contribution in [3.8, 4) is 0 Å². The Hall–Kier alpha value is -1.35. The molecule has 1 heterocycles. The van der Waals surface area contributed by atoms with Crippen LogP contribution in [0.2, 0.25) is 0 Å². The van der Waals surface area contributed by atoms with Crippen LogP contribution in [0.1, 0.15) is 25.3 Å². The summed E-state index contributed by atoms with van der Waals surface area (Å²) in [5.41, 5.74) is 1.31. The maximum Gasteiger partial charge on any atom is 0.237 e. The van der Waals surface area contributed by atoms with E-state index in [4.69, 9.17) is 0 Å². The Bertz CT molecular complexity index is 364. The average molecular weight is 232 g/mol. The molecule has 1 aromatic carbocycles. The molecule has 1 aliphatic rings. The van der Waals surface area contributed by atoms with Gasteiger partial charge in [-0.3, -0.25) is 4.79 Å². The van der Waals surface area contributed by atoms with Gasteiger partial charge in [-0.2, -0.15) is 0 Å². The molecule has 0 bridgehead atoms. The number of piperidine rings is 1. The maximum absolute atomic E-state index is 11.6. The highest BCUT2D eigenvalue weighted by Crippen LogP contribution is 2.07. The summed E-state index contributed by atoms with van der Waals surface area (Å²) < 4.78 is 0. The largest absolute Gasteiger partial charge is 0.355 e. The van der Waals surface area contributed by atoms with Crippen LogP contribution in [0.5, 0.6) is 0 Å². The zero-order chi connectivity index (χ0) is 12.1. The fourth-order valence-corrected chi connectivity index (χ4v) is 2.30. The van der Waals surface area contributed by atoms with E-state index in [2.05, 4.69) is 41.8 Å². The molecular formula is C14H20N2O. The van der Waals surface area contributed by atoms with Crippen molar-refractivity contribution >= 4 is 5.91 Å². The lowest BCUT2D eigenvalue weighted by atomic mass is 10.0. The first kappa shape index (κ1) is 12.1. The fourth-order valence-electron chi connectivity index (χ4n) is 2.30. The highest BCUT2D eigenvalue weighted by molar-refractivity contribution is 5.82. The Morgan fingerprint density at radius 1 is 1.41 bits per heavy atom. The molecule has 2 unspecified atom stereocenters. The lowest BCUT2D eigenvalue weighted by Gasteiger charge is -2.26. The number of nitrogens with one attached hydrogen (secondary N) is 2. The summed E-state index contributed by atoms with van der Waals surface area (Å²) in [5.74, 6) is 0.149. The highest BCUT2D eigenvalue weighted by atomic mass is 16.2. The number of carbonyl (C=O) groups excluding carboxylic acids is 1. The molecule has 0 aliphatic carbocycles. The van der Waals surface area contributed by atoms with Crippen LogP contribution in [0.3, 0.4) is 0 Å². The van der Waals surface area contributed by atoms with Crippen molar-refractivity contribution in [1.29, 1.82) is 0 Å². The maximum atomic E-state index is 11.6. The van der Waals surface area contributed by atoms with Crippen LogP contribution in [0.15, 0.2) is 30.3 Å². The molecule has 17 heavy (non-hydrogen) atoms. The van der Waals surface area contributed by atoms with Crippen LogP contribution in [-0.4, -0.2) is 24.5 Å². The second kappa shape index (κ2) is 5.82. The molecule has 2 atom stereocenters. The molecule has 3 nitrogen and oxygen atoms in total. The standard InChI is InChI=1S/C14H20N2O/c1-11(10-12-6-3-2-4-7-12)16-13-8-5-9-15-14(13)17/h2-4,6-7,11,13,16H,5,8-10H2,1H3,(H,15,17). The van der Waals surface area contributed by atoms with Crippen LogP contribution < -0.4 is 10.6 Å². The Balaban J connectivity index is 1.84. The highest BCUT2D eigenvalue weighted by Gasteiger charge is 2.22. The Morgan fingerprint density at radius 3 is 2.88 bits per heavy atom. The first-order valence-electron chi connectivity index (χ1n) is 6.33. The van der Waals surface area contributed by atoms with Crippen molar-refractivity contribution in [1.82, 2.24) is 10.6 Å². The number of amides is 1. The van der Waals surface area contributed by atoms with E-state index < -0.39 is 0 Å². The second-order valence-corrected chi connectivity index (χ2v) is 4.74. The molecule has 0 radical (unpaired) electrons. The van der Waals surface area contributed by atoms with Gasteiger partial charge < -0.3 is 10.6 Å². The molecular weight excluding hydrogens is 212 g/mol. The van der Waals surface area contributed by atoms with E-state index in [1.807, 2.05) is 6.07 Å². The van der Waals surface area contributed by atoms with Gasteiger partial charge in [0.15, 0.2) is 0 Å². The van der Waals surface area contributed by atoms with Gasteiger partial charge in [0.25, 0.3) is 0 Å². The van der Waals surface area contributed by atoms with Crippen LogP contribution in [0, 0.1) is 0 Å². The van der Waals surface area contributed by atoms with Gasteiger partial charge in [-0.25, -0.2) is 0 Å². The summed E-state index contributed by atoms with van der Waals surface area (Å²) >= 11 is 0. The summed E-state index contributed by atoms with van der Waals surface area (Å²) in [7, 11) is 0. The van der Waals surface area contributed by atoms with E-state index in [1.54, 1.807) is 0 Å². The van der Waals surface area contributed by atoms with Gasteiger partial charge in [0.1, 0.15) is 0 Å². The molecule has 2 N–H and O–H groups in total. The summed E-state index contributed by atoms with van der Waals surface area (Å²) in [4.78, 5) is 11.6. The van der Waals surface area contributed by atoms with Crippen molar-refractivity contribution in [3.63, 3.8) is 0 Å². The van der Waals surface area contributed by atoms with Gasteiger partial charge in [-0.1, -0.05) is 30.3 Å². The molecule has 3 heteroatoms. The number of hydrogen-bond donors (Lipinski definition) is 2. The molecule has 0 spiro atoms. The number of hydrogen-bond acceptors (Lipinski definition) is 2. The zero-order valence-electron chi connectivity index (χ0n) is 10.3. The summed E-state index contributed by atoms with van der Waals surface area (Å²) in [6, 6.07) is 10.7. The van der Waals surface area contributed by atoms with Gasteiger partial charge in [0.2, 0.25) is 5.91 Å². The second-order valence-electron chi connectivity index (χ2n) is 4.74. The molecule has 1 aliphatic heterocycles. The quantitative estimate of drug-likeness (QED) is 0.825. The zero-order valence-corrected chi connectivity index (χ0v) is 10.3. The fraction of sp³-hybridized carbons (Fsp3) is 0.500. The van der Waals surface area contributed by atoms with Gasteiger partial charge in [0.05, 0.1) is 6.04 Å². The van der Waals surface area contributed by atoms with Crippen molar-refractivity contribution in [2.45, 2.75) is 38.3 Å². The minimum atomic E-state index is -0.0116. The van der Waals surface area contributed by atoms with E-state index in [0.717, 1.165) is 25.8 Å². The van der Waals surface area contributed by atoms with Crippen molar-refractivity contribution < 1.29 is 4.79 Å². The Labute approximate surface area is 103 Å². The third-order valence-corrected chi connectivity index (χ3v) is 3.16. The number of rotatable bonds is 4. The third-order valence-electron chi connectivity index (χ3n) is 3.16. The van der Waals surface area contributed by atoms with E-state index in [1.165, 1.54) is 5.56 Å². The first-order chi connectivity index (χ1) is 8.25. The lowest BCUT2D eigenvalue weighted by molar-refractivity contribution is -0.124. The van der Waals surface area contributed by atoms with Crippen LogP contribution in [0.25, 0.3) is 0 Å². The monoisotopic (exact) mass is 232 g/mol. The van der Waals surface area contributed by atoms with E-state index in [-0.39, 0.29) is 11.9 Å². The predicted molar refractivity (Wildman–Crippen MR) is 68.8 cm³/mol. The molecule has 92 valence electrons. The van der Waals surface area contributed by atoms with Crippen LogP contribution in [0.4, 0.5) is 0 Å².